The zero-order valence-corrected chi connectivity index (χ0v) is 26.6. The van der Waals surface area contributed by atoms with Crippen molar-refractivity contribution >= 4 is 22.6 Å². The van der Waals surface area contributed by atoms with Crippen LogP contribution in [0.5, 0.6) is 5.75 Å². The number of nitrogens with zero attached hydrogens (tertiary/aromatic N) is 3. The maximum Gasteiger partial charge on any atom is 0.236 e. The molecular formula is C36H45N5O4. The van der Waals surface area contributed by atoms with Crippen LogP contribution >= 0.6 is 0 Å². The Balaban J connectivity index is 1.08. The number of hydrogen-bond acceptors (Lipinski definition) is 7. The lowest BCUT2D eigenvalue weighted by Gasteiger charge is -2.24. The van der Waals surface area contributed by atoms with Gasteiger partial charge in [-0.1, -0.05) is 54.6 Å². The van der Waals surface area contributed by atoms with Crippen molar-refractivity contribution in [2.45, 2.75) is 26.4 Å². The molecule has 0 aliphatic carbocycles. The maximum absolute atomic E-state index is 12.9. The molecule has 9 heteroatoms. The molecule has 0 fully saturated rings. The highest BCUT2D eigenvalue weighted by Gasteiger charge is 2.14. The Morgan fingerprint density at radius 1 is 0.911 bits per heavy atom. The van der Waals surface area contributed by atoms with Gasteiger partial charge in [0.15, 0.2) is 0 Å². The summed E-state index contributed by atoms with van der Waals surface area (Å²) in [5.41, 5.74) is 4.06. The van der Waals surface area contributed by atoms with Crippen molar-refractivity contribution in [2.75, 3.05) is 60.2 Å². The van der Waals surface area contributed by atoms with Crippen molar-refractivity contribution in [1.82, 2.24) is 25.4 Å². The van der Waals surface area contributed by atoms with Gasteiger partial charge >= 0.3 is 0 Å². The molecule has 1 heterocycles. The molecule has 2 amide bonds. The molecule has 0 aliphatic heterocycles. The molecule has 0 unspecified atom stereocenters. The van der Waals surface area contributed by atoms with E-state index in [1.54, 1.807) is 7.11 Å². The quantitative estimate of drug-likeness (QED) is 0.126. The van der Waals surface area contributed by atoms with Gasteiger partial charge < -0.3 is 19.7 Å². The fourth-order valence-corrected chi connectivity index (χ4v) is 5.16. The molecule has 0 aliphatic rings. The third-order valence-electron chi connectivity index (χ3n) is 7.64. The van der Waals surface area contributed by atoms with E-state index in [0.29, 0.717) is 65.4 Å². The fourth-order valence-electron chi connectivity index (χ4n) is 5.16. The smallest absolute Gasteiger partial charge is 0.236 e. The summed E-state index contributed by atoms with van der Waals surface area (Å²) in [5, 5.41) is 8.53. The summed E-state index contributed by atoms with van der Waals surface area (Å²) in [6.45, 7) is 6.36. The minimum Gasteiger partial charge on any atom is -0.497 e. The average Bonchev–Trinajstić information content (AvgIpc) is 3.06. The number of methoxy groups -OCH3 is 1. The van der Waals surface area contributed by atoms with Gasteiger partial charge in [0.25, 0.3) is 0 Å². The molecule has 238 valence electrons. The summed E-state index contributed by atoms with van der Waals surface area (Å²) in [7, 11) is 3.60. The van der Waals surface area contributed by atoms with Crippen LogP contribution in [0.4, 0.5) is 0 Å². The Morgan fingerprint density at radius 2 is 1.73 bits per heavy atom. The molecule has 4 rings (SSSR count). The summed E-state index contributed by atoms with van der Waals surface area (Å²) in [6.07, 6.45) is 4.69. The van der Waals surface area contributed by atoms with Gasteiger partial charge in [0, 0.05) is 50.7 Å². The Kier molecular flexibility index (Phi) is 13.3. The minimum absolute atomic E-state index is 0.00430. The van der Waals surface area contributed by atoms with Gasteiger partial charge in [0.1, 0.15) is 5.75 Å². The molecule has 0 saturated carbocycles. The number of benzene rings is 3. The monoisotopic (exact) mass is 611 g/mol. The Morgan fingerprint density at radius 3 is 2.58 bits per heavy atom. The van der Waals surface area contributed by atoms with Crippen LogP contribution in [0, 0.1) is 0 Å². The van der Waals surface area contributed by atoms with Crippen molar-refractivity contribution < 1.29 is 19.1 Å². The second-order valence-corrected chi connectivity index (χ2v) is 11.0. The number of amides is 2. The van der Waals surface area contributed by atoms with Crippen LogP contribution in [-0.4, -0.2) is 86.8 Å². The van der Waals surface area contributed by atoms with E-state index in [-0.39, 0.29) is 11.8 Å². The number of carbonyl (C=O) groups is 2. The summed E-state index contributed by atoms with van der Waals surface area (Å²) in [4.78, 5) is 33.6. The zero-order valence-electron chi connectivity index (χ0n) is 26.6. The summed E-state index contributed by atoms with van der Waals surface area (Å²) in [5.74, 6) is 0.888. The third kappa shape index (κ3) is 10.7. The largest absolute Gasteiger partial charge is 0.497 e. The van der Waals surface area contributed by atoms with Crippen LogP contribution in [0.2, 0.25) is 0 Å². The number of aromatic nitrogens is 1. The van der Waals surface area contributed by atoms with E-state index in [1.165, 1.54) is 0 Å². The van der Waals surface area contributed by atoms with Crippen LogP contribution in [0.15, 0.2) is 85.2 Å². The molecule has 2 N–H and O–H groups in total. The molecule has 0 spiro atoms. The molecule has 45 heavy (non-hydrogen) atoms. The number of ether oxygens (including phenoxy) is 2. The van der Waals surface area contributed by atoms with Gasteiger partial charge in [-0.2, -0.15) is 0 Å². The summed E-state index contributed by atoms with van der Waals surface area (Å²) < 4.78 is 11.1. The number of carbonyl (C=O) groups excluding carboxylic acids is 2. The van der Waals surface area contributed by atoms with Gasteiger partial charge in [-0.3, -0.25) is 24.8 Å². The fraction of sp³-hybridized carbons (Fsp3) is 0.361. The first-order chi connectivity index (χ1) is 22.0. The summed E-state index contributed by atoms with van der Waals surface area (Å²) in [6, 6.07) is 24.1. The first kappa shape index (κ1) is 33.6. The van der Waals surface area contributed by atoms with Crippen molar-refractivity contribution in [1.29, 1.82) is 0 Å². The predicted molar refractivity (Wildman–Crippen MR) is 179 cm³/mol. The van der Waals surface area contributed by atoms with Gasteiger partial charge in [0.05, 0.1) is 33.4 Å². The lowest BCUT2D eigenvalue weighted by atomic mass is 10.0. The SMILES string of the molecule is CCN(CCCNC(=O)Cc1cccc2ccccc12)C(=O)CN(C)CCNCOCc1cncc(-c2cccc(OC)c2)c1. The number of nitrogens with one attached hydrogen (secondary N) is 2. The second kappa shape index (κ2) is 17.9. The highest BCUT2D eigenvalue weighted by molar-refractivity contribution is 5.90. The van der Waals surface area contributed by atoms with Crippen LogP contribution in [-0.2, 0) is 27.4 Å². The van der Waals surface area contributed by atoms with Gasteiger partial charge in [-0.15, -0.1) is 0 Å². The Labute approximate surface area is 266 Å². The zero-order chi connectivity index (χ0) is 31.9. The van der Waals surface area contributed by atoms with E-state index >= 15 is 0 Å². The molecular weight excluding hydrogens is 566 g/mol. The van der Waals surface area contributed by atoms with E-state index in [4.69, 9.17) is 9.47 Å². The molecule has 4 aromatic rings. The van der Waals surface area contributed by atoms with Crippen molar-refractivity contribution in [3.05, 3.63) is 96.3 Å². The van der Waals surface area contributed by atoms with Crippen LogP contribution < -0.4 is 15.4 Å². The standard InChI is InChI=1S/C36H45N5O4/c1-4-41(18-9-16-39-35(42)22-31-13-7-11-29-10-5-6-15-34(29)31)36(43)25-40(2)19-17-37-27-45-26-28-20-32(24-38-23-28)30-12-8-14-33(21-30)44-3/h5-8,10-15,20-21,23-24,37H,4,9,16-19,22,25-27H2,1-3H3,(H,39,42). The van der Waals surface area contributed by atoms with E-state index in [1.807, 2.05) is 90.8 Å². The van der Waals surface area contributed by atoms with E-state index in [2.05, 4.69) is 33.8 Å². The van der Waals surface area contributed by atoms with E-state index < -0.39 is 0 Å². The van der Waals surface area contributed by atoms with Crippen LogP contribution in [0.25, 0.3) is 21.9 Å². The van der Waals surface area contributed by atoms with Gasteiger partial charge in [-0.05, 0) is 66.1 Å². The van der Waals surface area contributed by atoms with Crippen molar-refractivity contribution in [3.8, 4) is 16.9 Å². The minimum atomic E-state index is -0.00430. The number of likely N-dealkylation sites (N-methyl/N-ethyl adjacent to an activating group) is 2. The van der Waals surface area contributed by atoms with Crippen LogP contribution in [0.1, 0.15) is 24.5 Å². The number of pyridine rings is 1. The van der Waals surface area contributed by atoms with Crippen molar-refractivity contribution in [2.24, 2.45) is 0 Å². The number of hydrogen-bond donors (Lipinski definition) is 2. The van der Waals surface area contributed by atoms with Gasteiger partial charge in [-0.25, -0.2) is 0 Å². The normalized spacial score (nSPS) is 11.1. The number of fused-ring (bicyclic) bond motifs is 1. The Hall–Kier alpha value is -4.31. The van der Waals surface area contributed by atoms with E-state index in [0.717, 1.165) is 38.8 Å². The first-order valence-electron chi connectivity index (χ1n) is 15.5. The topological polar surface area (TPSA) is 96.0 Å². The molecule has 3 aromatic carbocycles. The first-order valence-corrected chi connectivity index (χ1v) is 15.5. The Bertz CT molecular complexity index is 1520. The average molecular weight is 612 g/mol. The van der Waals surface area contributed by atoms with E-state index in [9.17, 15) is 9.59 Å². The maximum atomic E-state index is 12.9. The molecule has 0 bridgehead atoms. The highest BCUT2D eigenvalue weighted by atomic mass is 16.5. The predicted octanol–water partition coefficient (Wildman–Crippen LogP) is 4.50. The van der Waals surface area contributed by atoms with Crippen LogP contribution in [0.3, 0.4) is 0 Å². The molecule has 0 saturated heterocycles. The number of rotatable bonds is 18. The molecule has 1 aromatic heterocycles. The molecule has 0 radical (unpaired) electrons. The summed E-state index contributed by atoms with van der Waals surface area (Å²) >= 11 is 0. The lowest BCUT2D eigenvalue weighted by Crippen LogP contribution is -2.42. The second-order valence-electron chi connectivity index (χ2n) is 11.0. The molecule has 0 atom stereocenters. The lowest BCUT2D eigenvalue weighted by molar-refractivity contribution is -0.132. The third-order valence-corrected chi connectivity index (χ3v) is 7.64. The highest BCUT2D eigenvalue weighted by Crippen LogP contribution is 2.24. The van der Waals surface area contributed by atoms with Gasteiger partial charge in [0.2, 0.25) is 11.8 Å². The van der Waals surface area contributed by atoms with Crippen molar-refractivity contribution in [3.63, 3.8) is 0 Å². The molecule has 9 nitrogen and oxygen atoms in total.